The van der Waals surface area contributed by atoms with E-state index in [1.807, 2.05) is 0 Å². The number of hydrogen-bond donors (Lipinski definition) is 0. The van der Waals surface area contributed by atoms with Crippen molar-refractivity contribution in [3.05, 3.63) is 34.4 Å². The molecule has 1 fully saturated rings. The molecule has 1 aromatic carbocycles. The number of hydrogen-bond acceptors (Lipinski definition) is 3. The number of esters is 1. The van der Waals surface area contributed by atoms with E-state index in [1.165, 1.54) is 22.3 Å². The predicted molar refractivity (Wildman–Crippen MR) is 95.0 cm³/mol. The number of ether oxygens (including phenoxy) is 1. The number of carbonyl (C=O) groups is 2. The Hall–Kier alpha value is -1.84. The zero-order valence-corrected chi connectivity index (χ0v) is 15.4. The summed E-state index contributed by atoms with van der Waals surface area (Å²) in [5.74, 6) is -0.194. The first kappa shape index (κ1) is 18.5. The topological polar surface area (TPSA) is 46.6 Å². The zero-order valence-electron chi connectivity index (χ0n) is 15.4. The van der Waals surface area contributed by atoms with Crippen molar-refractivity contribution in [2.45, 2.75) is 65.8 Å². The van der Waals surface area contributed by atoms with Crippen LogP contribution in [0.1, 0.15) is 54.9 Å². The average molecular weight is 331 g/mol. The number of carbonyl (C=O) groups excluding carboxylic acids is 2. The Morgan fingerprint density at radius 1 is 1.17 bits per heavy atom. The molecule has 24 heavy (non-hydrogen) atoms. The van der Waals surface area contributed by atoms with Gasteiger partial charge in [-0.3, -0.25) is 4.79 Å². The first-order chi connectivity index (χ1) is 11.4. The van der Waals surface area contributed by atoms with Gasteiger partial charge in [0.2, 0.25) is 5.91 Å². The smallest absolute Gasteiger partial charge is 0.328 e. The van der Waals surface area contributed by atoms with Gasteiger partial charge in [-0.1, -0.05) is 17.7 Å². The minimum absolute atomic E-state index is 0.0622. The van der Waals surface area contributed by atoms with Gasteiger partial charge in [-0.15, -0.1) is 0 Å². The van der Waals surface area contributed by atoms with Crippen LogP contribution >= 0.6 is 0 Å². The van der Waals surface area contributed by atoms with Crippen LogP contribution in [0.3, 0.4) is 0 Å². The fourth-order valence-electron chi connectivity index (χ4n) is 3.69. The van der Waals surface area contributed by atoms with Gasteiger partial charge in [-0.2, -0.15) is 0 Å². The molecule has 0 spiro atoms. The monoisotopic (exact) mass is 331 g/mol. The molecule has 2 rings (SSSR count). The molecule has 1 heterocycles. The van der Waals surface area contributed by atoms with Gasteiger partial charge in [0.05, 0.1) is 6.61 Å². The molecule has 0 aromatic heterocycles. The van der Waals surface area contributed by atoms with Crippen molar-refractivity contribution >= 4 is 11.9 Å². The Kier molecular flexibility index (Phi) is 6.41. The van der Waals surface area contributed by atoms with Crippen LogP contribution in [0.4, 0.5) is 0 Å². The lowest BCUT2D eigenvalue weighted by molar-refractivity contribution is -0.156. The summed E-state index contributed by atoms with van der Waals surface area (Å²) in [6.45, 7) is 9.11. The molecule has 0 unspecified atom stereocenters. The number of piperidine rings is 1. The Morgan fingerprint density at radius 2 is 1.83 bits per heavy atom. The highest BCUT2D eigenvalue weighted by molar-refractivity contribution is 5.85. The standard InChI is InChI=1S/C20H29NO3/c1-5-24-20(23)18-8-6-7-11-21(18)19(22)10-9-17-15(3)12-14(2)13-16(17)4/h12-13,18H,5-11H2,1-4H3/t18-/m1/s1. The number of benzene rings is 1. The molecule has 1 aliphatic rings. The third-order valence-electron chi connectivity index (χ3n) is 4.81. The molecule has 1 aromatic rings. The highest BCUT2D eigenvalue weighted by Crippen LogP contribution is 2.22. The van der Waals surface area contributed by atoms with Gasteiger partial charge in [0.15, 0.2) is 0 Å². The second-order valence-corrected chi connectivity index (χ2v) is 6.73. The molecule has 0 radical (unpaired) electrons. The largest absolute Gasteiger partial charge is 0.464 e. The van der Waals surface area contributed by atoms with Gasteiger partial charge in [0.25, 0.3) is 0 Å². The number of aryl methyl sites for hydroxylation is 3. The van der Waals surface area contributed by atoms with E-state index < -0.39 is 6.04 Å². The molecular formula is C20H29NO3. The van der Waals surface area contributed by atoms with Crippen LogP contribution in [0.5, 0.6) is 0 Å². The number of amides is 1. The van der Waals surface area contributed by atoms with Crippen molar-refractivity contribution in [2.24, 2.45) is 0 Å². The summed E-state index contributed by atoms with van der Waals surface area (Å²) in [7, 11) is 0. The predicted octanol–water partition coefficient (Wildman–Crippen LogP) is 3.49. The SMILES string of the molecule is CCOC(=O)[C@H]1CCCCN1C(=O)CCc1c(C)cc(C)cc1C. The summed E-state index contributed by atoms with van der Waals surface area (Å²) in [4.78, 5) is 26.6. The van der Waals surface area contributed by atoms with Gasteiger partial charge in [0.1, 0.15) is 6.04 Å². The van der Waals surface area contributed by atoms with Crippen molar-refractivity contribution in [3.8, 4) is 0 Å². The van der Waals surface area contributed by atoms with Crippen LogP contribution in [-0.2, 0) is 20.7 Å². The quantitative estimate of drug-likeness (QED) is 0.776. The van der Waals surface area contributed by atoms with Crippen LogP contribution in [0.2, 0.25) is 0 Å². The van der Waals surface area contributed by atoms with Crippen LogP contribution in [-0.4, -0.2) is 36.0 Å². The van der Waals surface area contributed by atoms with Crippen molar-refractivity contribution in [1.29, 1.82) is 0 Å². The highest BCUT2D eigenvalue weighted by Gasteiger charge is 2.32. The van der Waals surface area contributed by atoms with Gasteiger partial charge in [-0.05, 0) is 70.1 Å². The van der Waals surface area contributed by atoms with E-state index in [1.54, 1.807) is 11.8 Å². The van der Waals surface area contributed by atoms with Crippen molar-refractivity contribution in [3.63, 3.8) is 0 Å². The van der Waals surface area contributed by atoms with Gasteiger partial charge >= 0.3 is 5.97 Å². The Bertz CT molecular complexity index is 586. The fourth-order valence-corrected chi connectivity index (χ4v) is 3.69. The number of rotatable bonds is 5. The van der Waals surface area contributed by atoms with Crippen LogP contribution in [0, 0.1) is 20.8 Å². The van der Waals surface area contributed by atoms with Crippen molar-refractivity contribution in [2.75, 3.05) is 13.2 Å². The van der Waals surface area contributed by atoms with E-state index >= 15 is 0 Å². The first-order valence-corrected chi connectivity index (χ1v) is 8.96. The Morgan fingerprint density at radius 3 is 2.46 bits per heavy atom. The maximum absolute atomic E-state index is 12.7. The third-order valence-corrected chi connectivity index (χ3v) is 4.81. The Labute approximate surface area is 145 Å². The summed E-state index contributed by atoms with van der Waals surface area (Å²) >= 11 is 0. The summed E-state index contributed by atoms with van der Waals surface area (Å²) in [6, 6.07) is 3.93. The average Bonchev–Trinajstić information content (AvgIpc) is 2.53. The van der Waals surface area contributed by atoms with Gasteiger partial charge in [-0.25, -0.2) is 4.79 Å². The van der Waals surface area contributed by atoms with Crippen molar-refractivity contribution < 1.29 is 14.3 Å². The van der Waals surface area contributed by atoms with Crippen LogP contribution in [0.15, 0.2) is 12.1 Å². The zero-order chi connectivity index (χ0) is 17.7. The second-order valence-electron chi connectivity index (χ2n) is 6.73. The highest BCUT2D eigenvalue weighted by atomic mass is 16.5. The molecule has 0 aliphatic carbocycles. The van der Waals surface area contributed by atoms with Crippen molar-refractivity contribution in [1.82, 2.24) is 4.90 Å². The van der Waals surface area contributed by atoms with E-state index in [2.05, 4.69) is 32.9 Å². The third kappa shape index (κ3) is 4.37. The lowest BCUT2D eigenvalue weighted by Crippen LogP contribution is -2.48. The Balaban J connectivity index is 2.04. The lowest BCUT2D eigenvalue weighted by atomic mass is 9.95. The molecule has 0 N–H and O–H groups in total. The number of likely N-dealkylation sites (tertiary alicyclic amines) is 1. The van der Waals surface area contributed by atoms with Gasteiger partial charge < -0.3 is 9.64 Å². The fraction of sp³-hybridized carbons (Fsp3) is 0.600. The molecule has 0 bridgehead atoms. The van der Waals surface area contributed by atoms with E-state index in [4.69, 9.17) is 4.74 Å². The minimum atomic E-state index is -0.397. The molecule has 132 valence electrons. The number of nitrogens with zero attached hydrogens (tertiary/aromatic N) is 1. The molecule has 1 saturated heterocycles. The summed E-state index contributed by atoms with van der Waals surface area (Å²) < 4.78 is 5.14. The first-order valence-electron chi connectivity index (χ1n) is 8.96. The molecule has 0 saturated carbocycles. The maximum Gasteiger partial charge on any atom is 0.328 e. The summed E-state index contributed by atoms with van der Waals surface area (Å²) in [5, 5.41) is 0. The second kappa shape index (κ2) is 8.32. The van der Waals surface area contributed by atoms with E-state index in [0.717, 1.165) is 19.3 Å². The maximum atomic E-state index is 12.7. The summed E-state index contributed by atoms with van der Waals surface area (Å²) in [5.41, 5.74) is 4.97. The molecule has 1 aliphatic heterocycles. The van der Waals surface area contributed by atoms with Crippen LogP contribution < -0.4 is 0 Å². The molecule has 1 amide bonds. The summed E-state index contributed by atoms with van der Waals surface area (Å²) in [6.07, 6.45) is 3.82. The van der Waals surface area contributed by atoms with Crippen LogP contribution in [0.25, 0.3) is 0 Å². The molecule has 4 nitrogen and oxygen atoms in total. The van der Waals surface area contributed by atoms with E-state index in [-0.39, 0.29) is 11.9 Å². The van der Waals surface area contributed by atoms with E-state index in [0.29, 0.717) is 26.0 Å². The normalized spacial score (nSPS) is 17.7. The minimum Gasteiger partial charge on any atom is -0.464 e. The molecular weight excluding hydrogens is 302 g/mol. The molecule has 4 heteroatoms. The molecule has 1 atom stereocenters. The van der Waals surface area contributed by atoms with E-state index in [9.17, 15) is 9.59 Å². The lowest BCUT2D eigenvalue weighted by Gasteiger charge is -2.34. The van der Waals surface area contributed by atoms with Gasteiger partial charge in [0, 0.05) is 13.0 Å².